The van der Waals surface area contributed by atoms with Crippen molar-refractivity contribution in [2.24, 2.45) is 0 Å². The summed E-state index contributed by atoms with van der Waals surface area (Å²) in [5, 5.41) is 0. The van der Waals surface area contributed by atoms with Gasteiger partial charge in [-0.05, 0) is 45.4 Å². The Kier molecular flexibility index (Phi) is 7.58. The minimum Gasteiger partial charge on any atom is -0.353 e. The van der Waals surface area contributed by atoms with Gasteiger partial charge in [-0.15, -0.1) is 0 Å². The number of unbranched alkanes of at least 4 members (excludes halogenated alkanes) is 3. The van der Waals surface area contributed by atoms with Crippen LogP contribution < -0.4 is 0 Å². The van der Waals surface area contributed by atoms with E-state index in [2.05, 4.69) is 19.1 Å². The third-order valence-corrected chi connectivity index (χ3v) is 2.69. The Balaban J connectivity index is 1.83. The summed E-state index contributed by atoms with van der Waals surface area (Å²) in [5.74, 6) is 0. The molecule has 1 fully saturated rings. The van der Waals surface area contributed by atoms with Crippen LogP contribution in [-0.4, -0.2) is 19.5 Å². The number of ether oxygens (including phenoxy) is 2. The van der Waals surface area contributed by atoms with E-state index < -0.39 is 0 Å². The molecule has 0 aromatic carbocycles. The zero-order chi connectivity index (χ0) is 10.8. The summed E-state index contributed by atoms with van der Waals surface area (Å²) < 4.78 is 11.1. The molecule has 1 atom stereocenters. The van der Waals surface area contributed by atoms with Crippen molar-refractivity contribution in [3.63, 3.8) is 0 Å². The van der Waals surface area contributed by atoms with Gasteiger partial charge < -0.3 is 9.47 Å². The highest BCUT2D eigenvalue weighted by Gasteiger charge is 2.12. The molecule has 88 valence electrons. The summed E-state index contributed by atoms with van der Waals surface area (Å²) in [4.78, 5) is 0. The minimum absolute atomic E-state index is 0.0919. The van der Waals surface area contributed by atoms with E-state index >= 15 is 0 Å². The van der Waals surface area contributed by atoms with Crippen molar-refractivity contribution in [2.75, 3.05) is 13.2 Å². The van der Waals surface area contributed by atoms with Crippen LogP contribution in [0.2, 0.25) is 0 Å². The molecule has 0 aromatic rings. The molecule has 2 nitrogen and oxygen atoms in total. The maximum absolute atomic E-state index is 5.65. The lowest BCUT2D eigenvalue weighted by Crippen LogP contribution is -2.22. The van der Waals surface area contributed by atoms with E-state index in [1.165, 1.54) is 32.1 Å². The lowest BCUT2D eigenvalue weighted by molar-refractivity contribution is -0.162. The quantitative estimate of drug-likeness (QED) is 0.473. The molecule has 0 amide bonds. The van der Waals surface area contributed by atoms with Crippen molar-refractivity contribution in [1.29, 1.82) is 0 Å². The van der Waals surface area contributed by atoms with Crippen LogP contribution in [0.3, 0.4) is 0 Å². The Morgan fingerprint density at radius 2 is 2.20 bits per heavy atom. The van der Waals surface area contributed by atoms with E-state index in [1.807, 2.05) is 0 Å². The lowest BCUT2D eigenvalue weighted by atomic mass is 10.2. The van der Waals surface area contributed by atoms with Gasteiger partial charge in [-0.3, -0.25) is 0 Å². The summed E-state index contributed by atoms with van der Waals surface area (Å²) in [7, 11) is 0. The standard InChI is InChI=1S/C13H24O2/c1-2-3-4-5-6-8-11-14-13-10-7-9-12-15-13/h2-3,13H,4-12H2,1H3/b3-2+. The van der Waals surface area contributed by atoms with Gasteiger partial charge in [0, 0.05) is 13.2 Å². The first-order valence-corrected chi connectivity index (χ1v) is 6.28. The van der Waals surface area contributed by atoms with E-state index in [1.54, 1.807) is 0 Å². The van der Waals surface area contributed by atoms with Crippen LogP contribution in [0.25, 0.3) is 0 Å². The first-order valence-electron chi connectivity index (χ1n) is 6.28. The highest BCUT2D eigenvalue weighted by molar-refractivity contribution is 4.76. The van der Waals surface area contributed by atoms with Crippen molar-refractivity contribution in [3.8, 4) is 0 Å². The molecule has 1 heterocycles. The second kappa shape index (κ2) is 8.93. The molecular weight excluding hydrogens is 188 g/mol. The van der Waals surface area contributed by atoms with Gasteiger partial charge in [0.15, 0.2) is 6.29 Å². The molecule has 15 heavy (non-hydrogen) atoms. The van der Waals surface area contributed by atoms with E-state index in [4.69, 9.17) is 9.47 Å². The SMILES string of the molecule is C/C=C/CCCCCOC1CCCCO1. The van der Waals surface area contributed by atoms with Crippen LogP contribution in [0.5, 0.6) is 0 Å². The Bertz CT molecular complexity index is 160. The molecule has 1 aliphatic heterocycles. The predicted octanol–water partition coefficient (Wildman–Crippen LogP) is 3.67. The van der Waals surface area contributed by atoms with Crippen molar-refractivity contribution in [2.45, 2.75) is 58.2 Å². The average molecular weight is 212 g/mol. The monoisotopic (exact) mass is 212 g/mol. The van der Waals surface area contributed by atoms with E-state index in [0.29, 0.717) is 0 Å². The van der Waals surface area contributed by atoms with Crippen molar-refractivity contribution in [1.82, 2.24) is 0 Å². The molecule has 0 saturated carbocycles. The second-order valence-electron chi connectivity index (χ2n) is 4.09. The van der Waals surface area contributed by atoms with Gasteiger partial charge in [0.05, 0.1) is 0 Å². The van der Waals surface area contributed by atoms with E-state index in [0.717, 1.165) is 26.1 Å². The third kappa shape index (κ3) is 6.69. The van der Waals surface area contributed by atoms with Crippen molar-refractivity contribution in [3.05, 3.63) is 12.2 Å². The first-order chi connectivity index (χ1) is 7.43. The Morgan fingerprint density at radius 1 is 1.27 bits per heavy atom. The van der Waals surface area contributed by atoms with Gasteiger partial charge in [-0.1, -0.05) is 18.6 Å². The molecule has 0 N–H and O–H groups in total. The summed E-state index contributed by atoms with van der Waals surface area (Å²) >= 11 is 0. The fourth-order valence-corrected chi connectivity index (χ4v) is 1.77. The molecule has 0 aromatic heterocycles. The van der Waals surface area contributed by atoms with Gasteiger partial charge in [-0.25, -0.2) is 0 Å². The van der Waals surface area contributed by atoms with Gasteiger partial charge in [0.2, 0.25) is 0 Å². The van der Waals surface area contributed by atoms with Gasteiger partial charge in [-0.2, -0.15) is 0 Å². The second-order valence-corrected chi connectivity index (χ2v) is 4.09. The molecule has 2 heteroatoms. The van der Waals surface area contributed by atoms with Crippen LogP contribution in [-0.2, 0) is 9.47 Å². The average Bonchev–Trinajstić information content (AvgIpc) is 2.29. The Morgan fingerprint density at radius 3 is 2.93 bits per heavy atom. The zero-order valence-corrected chi connectivity index (χ0v) is 9.91. The van der Waals surface area contributed by atoms with Crippen LogP contribution in [0.15, 0.2) is 12.2 Å². The maximum Gasteiger partial charge on any atom is 0.157 e. The maximum atomic E-state index is 5.65. The summed E-state index contributed by atoms with van der Waals surface area (Å²) in [6.45, 7) is 3.82. The minimum atomic E-state index is 0.0919. The smallest absolute Gasteiger partial charge is 0.157 e. The molecule has 0 radical (unpaired) electrons. The number of hydrogen-bond acceptors (Lipinski definition) is 2. The molecule has 0 bridgehead atoms. The van der Waals surface area contributed by atoms with Crippen molar-refractivity contribution >= 4 is 0 Å². The highest BCUT2D eigenvalue weighted by Crippen LogP contribution is 2.14. The predicted molar refractivity (Wildman–Crippen MR) is 62.8 cm³/mol. The molecule has 1 rings (SSSR count). The van der Waals surface area contributed by atoms with Crippen LogP contribution in [0, 0.1) is 0 Å². The topological polar surface area (TPSA) is 18.5 Å². The number of hydrogen-bond donors (Lipinski definition) is 0. The van der Waals surface area contributed by atoms with Crippen molar-refractivity contribution < 1.29 is 9.47 Å². The van der Waals surface area contributed by atoms with Crippen LogP contribution in [0.4, 0.5) is 0 Å². The van der Waals surface area contributed by atoms with Crippen LogP contribution in [0.1, 0.15) is 51.9 Å². The molecule has 1 unspecified atom stereocenters. The molecule has 0 aliphatic carbocycles. The van der Waals surface area contributed by atoms with E-state index in [9.17, 15) is 0 Å². The first kappa shape index (κ1) is 12.7. The molecule has 1 saturated heterocycles. The van der Waals surface area contributed by atoms with Gasteiger partial charge in [0.25, 0.3) is 0 Å². The van der Waals surface area contributed by atoms with Crippen LogP contribution >= 0.6 is 0 Å². The van der Waals surface area contributed by atoms with Gasteiger partial charge in [0.1, 0.15) is 0 Å². The fraction of sp³-hybridized carbons (Fsp3) is 0.846. The number of allylic oxidation sites excluding steroid dienone is 2. The van der Waals surface area contributed by atoms with E-state index in [-0.39, 0.29) is 6.29 Å². The fourth-order valence-electron chi connectivity index (χ4n) is 1.77. The summed E-state index contributed by atoms with van der Waals surface area (Å²) in [6, 6.07) is 0. The summed E-state index contributed by atoms with van der Waals surface area (Å²) in [5.41, 5.74) is 0. The Labute approximate surface area is 93.7 Å². The largest absolute Gasteiger partial charge is 0.353 e. The van der Waals surface area contributed by atoms with Gasteiger partial charge >= 0.3 is 0 Å². The third-order valence-electron chi connectivity index (χ3n) is 2.69. The Hall–Kier alpha value is -0.340. The molecule has 1 aliphatic rings. The highest BCUT2D eigenvalue weighted by atomic mass is 16.7. The number of rotatable bonds is 7. The molecular formula is C13H24O2. The molecule has 0 spiro atoms. The lowest BCUT2D eigenvalue weighted by Gasteiger charge is -2.22. The summed E-state index contributed by atoms with van der Waals surface area (Å²) in [6.07, 6.45) is 12.9. The zero-order valence-electron chi connectivity index (χ0n) is 9.91. The normalized spacial score (nSPS) is 22.3.